The maximum atomic E-state index is 12.0. The molecule has 0 atom stereocenters. The average Bonchev–Trinajstić information content (AvgIpc) is 3.17. The topological polar surface area (TPSA) is 69.3 Å². The highest BCUT2D eigenvalue weighted by molar-refractivity contribution is 7.99. The van der Waals surface area contributed by atoms with Gasteiger partial charge in [-0.1, -0.05) is 11.8 Å². The van der Waals surface area contributed by atoms with Crippen molar-refractivity contribution in [2.24, 2.45) is 0 Å². The molecule has 2 aromatic heterocycles. The monoisotopic (exact) mass is 487 g/mol. The summed E-state index contributed by atoms with van der Waals surface area (Å²) in [6.07, 6.45) is -2.52. The fourth-order valence-corrected chi connectivity index (χ4v) is 4.60. The number of rotatable bonds is 12. The van der Waals surface area contributed by atoms with Gasteiger partial charge in [0.05, 0.1) is 43.7 Å². The van der Waals surface area contributed by atoms with E-state index in [-0.39, 0.29) is 13.2 Å². The standard InChI is InChI=1S/C21H24F3N3O3S2/c1-14-18(12-32-20-26-16-4-3-15(28-2)11-17(16)27-20)25-6-5-19(14)31-10-9-29-7-8-30-13-21(22,23)24/h3-6,11H,7-10,12-13H2,1-2H3,(H,26,27). The van der Waals surface area contributed by atoms with Gasteiger partial charge < -0.3 is 19.2 Å². The minimum Gasteiger partial charge on any atom is -0.497 e. The van der Waals surface area contributed by atoms with E-state index in [1.54, 1.807) is 36.8 Å². The van der Waals surface area contributed by atoms with Crippen LogP contribution in [-0.4, -0.2) is 60.4 Å². The number of ether oxygens (including phenoxy) is 3. The quantitative estimate of drug-likeness (QED) is 0.276. The van der Waals surface area contributed by atoms with E-state index in [1.165, 1.54) is 0 Å². The molecule has 0 unspecified atom stereocenters. The number of hydrogen-bond donors (Lipinski definition) is 1. The van der Waals surface area contributed by atoms with E-state index >= 15 is 0 Å². The van der Waals surface area contributed by atoms with E-state index in [2.05, 4.69) is 19.7 Å². The molecule has 32 heavy (non-hydrogen) atoms. The van der Waals surface area contributed by atoms with Crippen molar-refractivity contribution in [2.75, 3.05) is 39.3 Å². The number of aromatic nitrogens is 3. The molecule has 1 N–H and O–H groups in total. The zero-order valence-electron chi connectivity index (χ0n) is 17.7. The van der Waals surface area contributed by atoms with E-state index in [0.29, 0.717) is 18.1 Å². The lowest BCUT2D eigenvalue weighted by molar-refractivity contribution is -0.176. The zero-order chi connectivity index (χ0) is 23.0. The first-order valence-corrected chi connectivity index (χ1v) is 11.8. The number of thioether (sulfide) groups is 2. The third-order valence-electron chi connectivity index (χ3n) is 4.39. The summed E-state index contributed by atoms with van der Waals surface area (Å²) >= 11 is 3.21. The van der Waals surface area contributed by atoms with Crippen LogP contribution in [0.25, 0.3) is 11.0 Å². The molecule has 6 nitrogen and oxygen atoms in total. The molecule has 174 valence electrons. The smallest absolute Gasteiger partial charge is 0.411 e. The highest BCUT2D eigenvalue weighted by atomic mass is 32.2. The summed E-state index contributed by atoms with van der Waals surface area (Å²) in [5, 5.41) is 0.814. The molecule has 0 radical (unpaired) electrons. The predicted octanol–water partition coefficient (Wildman–Crippen LogP) is 5.25. The maximum absolute atomic E-state index is 12.0. The van der Waals surface area contributed by atoms with Gasteiger partial charge in [0.1, 0.15) is 12.4 Å². The Kier molecular flexibility index (Phi) is 9.09. The summed E-state index contributed by atoms with van der Waals surface area (Å²) in [5.41, 5.74) is 3.87. The van der Waals surface area contributed by atoms with Crippen LogP contribution >= 0.6 is 23.5 Å². The maximum Gasteiger partial charge on any atom is 0.411 e. The van der Waals surface area contributed by atoms with Crippen LogP contribution in [0.3, 0.4) is 0 Å². The van der Waals surface area contributed by atoms with Gasteiger partial charge in [-0.15, -0.1) is 11.8 Å². The molecule has 0 aliphatic rings. The molecule has 3 aromatic rings. The molecular weight excluding hydrogens is 463 g/mol. The van der Waals surface area contributed by atoms with Crippen molar-refractivity contribution in [1.29, 1.82) is 0 Å². The fourth-order valence-electron chi connectivity index (χ4n) is 2.78. The Bertz CT molecular complexity index is 1010. The highest BCUT2D eigenvalue weighted by Crippen LogP contribution is 2.29. The Hall–Kier alpha value is -1.95. The van der Waals surface area contributed by atoms with E-state index < -0.39 is 12.8 Å². The molecule has 11 heteroatoms. The first kappa shape index (κ1) is 24.7. The molecule has 2 heterocycles. The van der Waals surface area contributed by atoms with Crippen molar-refractivity contribution >= 4 is 34.6 Å². The molecule has 0 amide bonds. The van der Waals surface area contributed by atoms with Crippen LogP contribution in [0.1, 0.15) is 11.3 Å². The number of nitrogens with zero attached hydrogens (tertiary/aromatic N) is 2. The summed E-state index contributed by atoms with van der Waals surface area (Å²) in [4.78, 5) is 13.5. The summed E-state index contributed by atoms with van der Waals surface area (Å²) in [5.74, 6) is 2.13. The van der Waals surface area contributed by atoms with E-state index in [0.717, 1.165) is 38.1 Å². The number of hydrogen-bond acceptors (Lipinski definition) is 7. The van der Waals surface area contributed by atoms with E-state index in [9.17, 15) is 13.2 Å². The van der Waals surface area contributed by atoms with Crippen LogP contribution in [0, 0.1) is 6.92 Å². The second-order valence-electron chi connectivity index (χ2n) is 6.72. The second kappa shape index (κ2) is 11.8. The van der Waals surface area contributed by atoms with Gasteiger partial charge in [-0.05, 0) is 30.7 Å². The van der Waals surface area contributed by atoms with E-state index in [4.69, 9.17) is 9.47 Å². The SMILES string of the molecule is COc1ccc2nc(SCc3nccc(SCCOCCOCC(F)(F)F)c3C)[nH]c2c1. The molecule has 0 aliphatic heterocycles. The lowest BCUT2D eigenvalue weighted by Gasteiger charge is -2.10. The number of H-pyrrole nitrogens is 1. The number of benzene rings is 1. The predicted molar refractivity (Wildman–Crippen MR) is 120 cm³/mol. The number of alkyl halides is 3. The molecule has 0 bridgehead atoms. The number of aromatic amines is 1. The third-order valence-corrected chi connectivity index (χ3v) is 6.40. The molecule has 3 rings (SSSR count). The van der Waals surface area contributed by atoms with Crippen molar-refractivity contribution in [3.63, 3.8) is 0 Å². The number of fused-ring (bicyclic) bond motifs is 1. The van der Waals surface area contributed by atoms with E-state index in [1.807, 2.05) is 31.2 Å². The summed E-state index contributed by atoms with van der Waals surface area (Å²) in [7, 11) is 1.63. The zero-order valence-corrected chi connectivity index (χ0v) is 19.3. The van der Waals surface area contributed by atoms with Crippen LogP contribution in [-0.2, 0) is 15.2 Å². The van der Waals surface area contributed by atoms with Crippen molar-refractivity contribution in [3.05, 3.63) is 41.7 Å². The summed E-state index contributed by atoms with van der Waals surface area (Å²) in [6.45, 7) is 1.27. The lowest BCUT2D eigenvalue weighted by atomic mass is 10.2. The van der Waals surface area contributed by atoms with Gasteiger partial charge in [-0.2, -0.15) is 13.2 Å². The van der Waals surface area contributed by atoms with Crippen LogP contribution in [0.5, 0.6) is 5.75 Å². The van der Waals surface area contributed by atoms with Crippen molar-refractivity contribution in [1.82, 2.24) is 15.0 Å². The Labute approximate surface area is 192 Å². The molecule has 1 aromatic carbocycles. The average molecular weight is 488 g/mol. The molecule has 0 spiro atoms. The summed E-state index contributed by atoms with van der Waals surface area (Å²) in [6, 6.07) is 7.66. The van der Waals surface area contributed by atoms with Gasteiger partial charge in [0.2, 0.25) is 0 Å². The van der Waals surface area contributed by atoms with Gasteiger partial charge in [0, 0.05) is 28.7 Å². The Balaban J connectivity index is 1.44. The summed E-state index contributed by atoms with van der Waals surface area (Å²) < 4.78 is 51.0. The first-order chi connectivity index (χ1) is 15.4. The normalized spacial score (nSPS) is 11.9. The Morgan fingerprint density at radius 1 is 1.06 bits per heavy atom. The molecule has 0 saturated carbocycles. The number of nitrogens with one attached hydrogen (secondary N) is 1. The van der Waals surface area contributed by atoms with Crippen LogP contribution < -0.4 is 4.74 Å². The van der Waals surface area contributed by atoms with Gasteiger partial charge in [0.25, 0.3) is 0 Å². The van der Waals surface area contributed by atoms with Gasteiger partial charge in [-0.25, -0.2) is 4.98 Å². The highest BCUT2D eigenvalue weighted by Gasteiger charge is 2.27. The molecular formula is C21H24F3N3O3S2. The fraction of sp³-hybridized carbons (Fsp3) is 0.429. The van der Waals surface area contributed by atoms with Crippen LogP contribution in [0.2, 0.25) is 0 Å². The molecule has 0 fully saturated rings. The molecule has 0 saturated heterocycles. The number of methoxy groups -OCH3 is 1. The molecule has 0 aliphatic carbocycles. The van der Waals surface area contributed by atoms with Crippen molar-refractivity contribution in [2.45, 2.75) is 28.9 Å². The van der Waals surface area contributed by atoms with Crippen LogP contribution in [0.4, 0.5) is 13.2 Å². The number of halogens is 3. The minimum absolute atomic E-state index is 0.0750. The number of imidazole rings is 1. The van der Waals surface area contributed by atoms with Crippen molar-refractivity contribution in [3.8, 4) is 5.75 Å². The Morgan fingerprint density at radius 3 is 2.66 bits per heavy atom. The first-order valence-electron chi connectivity index (χ1n) is 9.82. The van der Waals surface area contributed by atoms with Gasteiger partial charge in [0.15, 0.2) is 5.16 Å². The third kappa shape index (κ3) is 7.58. The van der Waals surface area contributed by atoms with Gasteiger partial charge in [-0.3, -0.25) is 4.98 Å². The lowest BCUT2D eigenvalue weighted by Crippen LogP contribution is -2.19. The van der Waals surface area contributed by atoms with Crippen LogP contribution in [0.15, 0.2) is 40.5 Å². The van der Waals surface area contributed by atoms with Crippen molar-refractivity contribution < 1.29 is 27.4 Å². The Morgan fingerprint density at radius 2 is 1.88 bits per heavy atom. The largest absolute Gasteiger partial charge is 0.497 e. The van der Waals surface area contributed by atoms with Gasteiger partial charge >= 0.3 is 6.18 Å². The second-order valence-corrected chi connectivity index (χ2v) is 8.82. The number of pyridine rings is 1. The minimum atomic E-state index is -4.30.